The average Bonchev–Trinajstić information content (AvgIpc) is 2.75. The number of amides is 1. The average molecular weight is 189 g/mol. The summed E-state index contributed by atoms with van der Waals surface area (Å²) in [5.74, 6) is 2.11. The van der Waals surface area contributed by atoms with Gasteiger partial charge in [0, 0.05) is 11.6 Å². The molecule has 1 heterocycles. The summed E-state index contributed by atoms with van der Waals surface area (Å²) in [6.07, 6.45) is 5.73. The highest BCUT2D eigenvalue weighted by atomic mass is 16.2. The van der Waals surface area contributed by atoms with Gasteiger partial charge in [-0.05, 0) is 32.1 Å². The normalized spacial score (nSPS) is 43.0. The minimum atomic E-state index is 0.245. The first-order valence-electron chi connectivity index (χ1n) is 5.35. The second-order valence-electron chi connectivity index (χ2n) is 4.90. The molecular formula is C12H15NO. The van der Waals surface area contributed by atoms with Crippen molar-refractivity contribution in [2.45, 2.75) is 20.3 Å². The molecule has 1 amide bonds. The zero-order chi connectivity index (χ0) is 9.87. The van der Waals surface area contributed by atoms with Gasteiger partial charge in [-0.25, -0.2) is 0 Å². The fourth-order valence-corrected chi connectivity index (χ4v) is 3.33. The molecule has 74 valence electrons. The van der Waals surface area contributed by atoms with E-state index in [0.29, 0.717) is 17.8 Å². The molecule has 1 aliphatic heterocycles. The van der Waals surface area contributed by atoms with Crippen LogP contribution >= 0.6 is 0 Å². The smallest absolute Gasteiger partial charge is 0.228 e. The van der Waals surface area contributed by atoms with E-state index >= 15 is 0 Å². The third-order valence-electron chi connectivity index (χ3n) is 3.89. The fraction of sp³-hybridized carbons (Fsp3) is 0.583. The Morgan fingerprint density at radius 3 is 2.57 bits per heavy atom. The van der Waals surface area contributed by atoms with Crippen LogP contribution in [-0.2, 0) is 4.79 Å². The summed E-state index contributed by atoms with van der Waals surface area (Å²) in [6.45, 7) is 4.18. The van der Waals surface area contributed by atoms with E-state index in [4.69, 9.17) is 0 Å². The van der Waals surface area contributed by atoms with Crippen molar-refractivity contribution in [2.24, 2.45) is 23.7 Å². The van der Waals surface area contributed by atoms with Crippen molar-refractivity contribution in [1.29, 1.82) is 0 Å². The lowest BCUT2D eigenvalue weighted by Crippen LogP contribution is -2.22. The molecule has 2 heteroatoms. The maximum absolute atomic E-state index is 11.8. The molecule has 3 aliphatic rings. The summed E-state index contributed by atoms with van der Waals surface area (Å²) in [4.78, 5) is 11.8. The van der Waals surface area contributed by atoms with Crippen molar-refractivity contribution in [3.05, 3.63) is 23.4 Å². The highest BCUT2D eigenvalue weighted by molar-refractivity contribution is 5.86. The van der Waals surface area contributed by atoms with Crippen LogP contribution in [0.5, 0.6) is 0 Å². The van der Waals surface area contributed by atoms with E-state index in [-0.39, 0.29) is 11.8 Å². The second kappa shape index (κ2) is 2.50. The van der Waals surface area contributed by atoms with Gasteiger partial charge in [0.1, 0.15) is 0 Å². The lowest BCUT2D eigenvalue weighted by molar-refractivity contribution is -0.123. The zero-order valence-electron chi connectivity index (χ0n) is 8.58. The maximum atomic E-state index is 11.8. The molecule has 1 N–H and O–H groups in total. The van der Waals surface area contributed by atoms with Gasteiger partial charge in [-0.2, -0.15) is 0 Å². The van der Waals surface area contributed by atoms with Crippen LogP contribution < -0.4 is 5.32 Å². The zero-order valence-corrected chi connectivity index (χ0v) is 8.58. The molecule has 0 radical (unpaired) electrons. The van der Waals surface area contributed by atoms with Crippen LogP contribution in [0.1, 0.15) is 20.3 Å². The van der Waals surface area contributed by atoms with Gasteiger partial charge >= 0.3 is 0 Å². The minimum absolute atomic E-state index is 0.245. The van der Waals surface area contributed by atoms with Gasteiger partial charge in [-0.1, -0.05) is 17.7 Å². The van der Waals surface area contributed by atoms with E-state index < -0.39 is 0 Å². The molecule has 0 aromatic carbocycles. The first kappa shape index (κ1) is 8.27. The first-order chi connectivity index (χ1) is 6.68. The Balaban J connectivity index is 2.08. The SMILES string of the molecule is CC(C)=C1NC(=O)C2C3C=CC(C3)C12. The molecule has 2 fully saturated rings. The Labute approximate surface area is 84.1 Å². The molecule has 4 unspecified atom stereocenters. The molecule has 14 heavy (non-hydrogen) atoms. The van der Waals surface area contributed by atoms with E-state index in [1.54, 1.807) is 0 Å². The van der Waals surface area contributed by atoms with Crippen LogP contribution in [0.3, 0.4) is 0 Å². The Bertz CT molecular complexity index is 363. The van der Waals surface area contributed by atoms with Gasteiger partial charge in [0.15, 0.2) is 0 Å². The summed E-state index contributed by atoms with van der Waals surface area (Å²) in [5.41, 5.74) is 2.48. The highest BCUT2D eigenvalue weighted by Crippen LogP contribution is 2.53. The molecule has 0 aromatic rings. The van der Waals surface area contributed by atoms with Crippen LogP contribution in [0.2, 0.25) is 0 Å². The summed E-state index contributed by atoms with van der Waals surface area (Å²) in [5, 5.41) is 3.06. The van der Waals surface area contributed by atoms with E-state index in [0.717, 1.165) is 0 Å². The Morgan fingerprint density at radius 2 is 1.93 bits per heavy atom. The highest BCUT2D eigenvalue weighted by Gasteiger charge is 2.53. The number of allylic oxidation sites excluding steroid dienone is 4. The molecule has 0 spiro atoms. The Hall–Kier alpha value is -1.05. The molecule has 0 aromatic heterocycles. The standard InChI is InChI=1S/C12H15NO/c1-6(2)11-9-7-3-4-8(5-7)10(9)12(14)13-11/h3-4,7-10H,5H2,1-2H3,(H,13,14). The monoisotopic (exact) mass is 189 g/mol. The number of rotatable bonds is 0. The van der Waals surface area contributed by atoms with Gasteiger partial charge in [0.25, 0.3) is 0 Å². The number of carbonyl (C=O) groups excluding carboxylic acids is 1. The summed E-state index contributed by atoms with van der Waals surface area (Å²) in [6, 6.07) is 0. The minimum Gasteiger partial charge on any atom is -0.329 e. The van der Waals surface area contributed by atoms with Crippen LogP contribution in [0.15, 0.2) is 23.4 Å². The van der Waals surface area contributed by atoms with Gasteiger partial charge < -0.3 is 5.32 Å². The van der Waals surface area contributed by atoms with E-state index in [1.165, 1.54) is 17.7 Å². The van der Waals surface area contributed by atoms with Gasteiger partial charge in [-0.15, -0.1) is 0 Å². The molecule has 2 bridgehead atoms. The Kier molecular flexibility index (Phi) is 1.48. The van der Waals surface area contributed by atoms with Gasteiger partial charge in [0.2, 0.25) is 5.91 Å². The Morgan fingerprint density at radius 1 is 1.29 bits per heavy atom. The predicted octanol–water partition coefficient (Wildman–Crippen LogP) is 1.85. The van der Waals surface area contributed by atoms with E-state index in [9.17, 15) is 4.79 Å². The predicted molar refractivity (Wildman–Crippen MR) is 54.2 cm³/mol. The van der Waals surface area contributed by atoms with Crippen molar-refractivity contribution in [3.8, 4) is 0 Å². The van der Waals surface area contributed by atoms with Crippen LogP contribution in [0.4, 0.5) is 0 Å². The lowest BCUT2D eigenvalue weighted by Gasteiger charge is -2.18. The van der Waals surface area contributed by atoms with E-state index in [1.807, 2.05) is 0 Å². The maximum Gasteiger partial charge on any atom is 0.228 e. The lowest BCUT2D eigenvalue weighted by atomic mass is 9.83. The third-order valence-corrected chi connectivity index (χ3v) is 3.89. The number of hydrogen-bond acceptors (Lipinski definition) is 1. The molecule has 4 atom stereocenters. The largest absolute Gasteiger partial charge is 0.329 e. The van der Waals surface area contributed by atoms with E-state index in [2.05, 4.69) is 31.3 Å². The third kappa shape index (κ3) is 0.839. The van der Waals surface area contributed by atoms with Crippen LogP contribution in [0.25, 0.3) is 0 Å². The molecule has 1 saturated heterocycles. The van der Waals surface area contributed by atoms with Crippen molar-refractivity contribution in [1.82, 2.24) is 5.32 Å². The van der Waals surface area contributed by atoms with Crippen LogP contribution in [-0.4, -0.2) is 5.91 Å². The number of carbonyl (C=O) groups is 1. The van der Waals surface area contributed by atoms with Crippen molar-refractivity contribution < 1.29 is 4.79 Å². The summed E-state index contributed by atoms with van der Waals surface area (Å²) < 4.78 is 0. The summed E-state index contributed by atoms with van der Waals surface area (Å²) >= 11 is 0. The van der Waals surface area contributed by atoms with Gasteiger partial charge in [-0.3, -0.25) is 4.79 Å². The van der Waals surface area contributed by atoms with Crippen molar-refractivity contribution in [3.63, 3.8) is 0 Å². The molecule has 1 saturated carbocycles. The summed E-state index contributed by atoms with van der Waals surface area (Å²) in [7, 11) is 0. The van der Waals surface area contributed by atoms with Crippen LogP contribution in [0, 0.1) is 23.7 Å². The molecule has 2 nitrogen and oxygen atoms in total. The number of nitrogens with one attached hydrogen (secondary N) is 1. The first-order valence-corrected chi connectivity index (χ1v) is 5.35. The van der Waals surface area contributed by atoms with Gasteiger partial charge in [0.05, 0.1) is 5.92 Å². The molecule has 2 aliphatic carbocycles. The molecule has 3 rings (SSSR count). The fourth-order valence-electron chi connectivity index (χ4n) is 3.33. The number of fused-ring (bicyclic) bond motifs is 5. The second-order valence-corrected chi connectivity index (χ2v) is 4.90. The quantitative estimate of drug-likeness (QED) is 0.579. The van der Waals surface area contributed by atoms with Crippen molar-refractivity contribution >= 4 is 5.91 Å². The van der Waals surface area contributed by atoms with Crippen molar-refractivity contribution in [2.75, 3.05) is 0 Å². The topological polar surface area (TPSA) is 29.1 Å². The number of hydrogen-bond donors (Lipinski definition) is 1. The molecular weight excluding hydrogens is 174 g/mol.